The predicted molar refractivity (Wildman–Crippen MR) is 69.9 cm³/mol. The first-order chi connectivity index (χ1) is 7.83. The van der Waals surface area contributed by atoms with E-state index >= 15 is 0 Å². The molecule has 17 heavy (non-hydrogen) atoms. The van der Waals surface area contributed by atoms with Gasteiger partial charge < -0.3 is 5.73 Å². The van der Waals surface area contributed by atoms with Crippen LogP contribution in [0.15, 0.2) is 18.2 Å². The quantitative estimate of drug-likeness (QED) is 0.839. The second-order valence-corrected chi connectivity index (χ2v) is 5.94. The Morgan fingerprint density at radius 2 is 1.88 bits per heavy atom. The van der Waals surface area contributed by atoms with Gasteiger partial charge in [-0.2, -0.15) is 0 Å². The molecule has 0 aliphatic heterocycles. The normalized spacial score (nSPS) is 19.6. The lowest BCUT2D eigenvalue weighted by molar-refractivity contribution is 0.221. The molecule has 1 aromatic rings. The maximum atomic E-state index is 13.8. The van der Waals surface area contributed by atoms with E-state index in [-0.39, 0.29) is 5.54 Å². The summed E-state index contributed by atoms with van der Waals surface area (Å²) in [4.78, 5) is 0. The maximum absolute atomic E-state index is 13.8. The van der Waals surface area contributed by atoms with Gasteiger partial charge in [-0.15, -0.1) is 0 Å². The summed E-state index contributed by atoms with van der Waals surface area (Å²) in [5, 5.41) is 0.595. The van der Waals surface area contributed by atoms with Gasteiger partial charge in [0.1, 0.15) is 5.67 Å². The molecule has 1 aliphatic carbocycles. The predicted octanol–water partition coefficient (Wildman–Crippen LogP) is 4.27. The Labute approximate surface area is 107 Å². The zero-order valence-electron chi connectivity index (χ0n) is 10.4. The monoisotopic (exact) mass is 255 g/mol. The molecular formula is C14H19ClFN. The molecule has 2 rings (SSSR count). The SMILES string of the molecule is CC(C)(F)c1ccc(C2(N)CCCC2)c(Cl)c1. The van der Waals surface area contributed by atoms with Gasteiger partial charge in [0.05, 0.1) is 0 Å². The third-order valence-corrected chi connectivity index (χ3v) is 4.00. The Balaban J connectivity index is 2.38. The number of hydrogen-bond donors (Lipinski definition) is 1. The molecule has 0 spiro atoms. The standard InChI is InChI=1S/C14H19ClFN/c1-13(2,16)10-5-6-11(12(15)9-10)14(17)7-3-4-8-14/h5-6,9H,3-4,7-8,17H2,1-2H3. The van der Waals surface area contributed by atoms with Crippen LogP contribution in [0.2, 0.25) is 5.02 Å². The average molecular weight is 256 g/mol. The van der Waals surface area contributed by atoms with Crippen molar-refractivity contribution in [2.45, 2.75) is 50.7 Å². The van der Waals surface area contributed by atoms with Crippen molar-refractivity contribution in [2.24, 2.45) is 5.73 Å². The van der Waals surface area contributed by atoms with Gasteiger partial charge in [0.2, 0.25) is 0 Å². The Morgan fingerprint density at radius 1 is 1.29 bits per heavy atom. The van der Waals surface area contributed by atoms with E-state index in [1.807, 2.05) is 6.07 Å². The molecule has 0 radical (unpaired) electrons. The fourth-order valence-corrected chi connectivity index (χ4v) is 2.93. The Bertz CT molecular complexity index is 417. The van der Waals surface area contributed by atoms with Crippen LogP contribution >= 0.6 is 11.6 Å². The van der Waals surface area contributed by atoms with Crippen molar-refractivity contribution in [3.05, 3.63) is 34.3 Å². The lowest BCUT2D eigenvalue weighted by Gasteiger charge is -2.26. The molecule has 1 saturated carbocycles. The third-order valence-electron chi connectivity index (χ3n) is 3.69. The van der Waals surface area contributed by atoms with Crippen LogP contribution < -0.4 is 5.73 Å². The van der Waals surface area contributed by atoms with Gasteiger partial charge in [0.25, 0.3) is 0 Å². The molecule has 1 aliphatic rings. The Morgan fingerprint density at radius 3 is 2.35 bits per heavy atom. The molecular weight excluding hydrogens is 237 g/mol. The number of halogens is 2. The summed E-state index contributed by atoms with van der Waals surface area (Å²) in [5.41, 5.74) is 6.26. The highest BCUT2D eigenvalue weighted by Gasteiger charge is 2.33. The topological polar surface area (TPSA) is 26.0 Å². The minimum Gasteiger partial charge on any atom is -0.321 e. The van der Waals surface area contributed by atoms with Crippen LogP contribution in [-0.4, -0.2) is 0 Å². The molecule has 1 nitrogen and oxygen atoms in total. The molecule has 1 aromatic carbocycles. The van der Waals surface area contributed by atoms with Crippen LogP contribution in [-0.2, 0) is 11.2 Å². The lowest BCUT2D eigenvalue weighted by atomic mass is 9.87. The highest BCUT2D eigenvalue weighted by molar-refractivity contribution is 6.31. The number of rotatable bonds is 2. The van der Waals surface area contributed by atoms with Crippen LogP contribution in [0.4, 0.5) is 4.39 Å². The smallest absolute Gasteiger partial charge is 0.130 e. The van der Waals surface area contributed by atoms with Crippen LogP contribution in [0.25, 0.3) is 0 Å². The van der Waals surface area contributed by atoms with Crippen LogP contribution in [0.1, 0.15) is 50.7 Å². The Hall–Kier alpha value is -0.600. The van der Waals surface area contributed by atoms with Gasteiger partial charge in [0.15, 0.2) is 0 Å². The van der Waals surface area contributed by atoms with Crippen molar-refractivity contribution in [3.8, 4) is 0 Å². The van der Waals surface area contributed by atoms with Crippen LogP contribution in [0, 0.1) is 0 Å². The molecule has 2 N–H and O–H groups in total. The zero-order valence-corrected chi connectivity index (χ0v) is 11.1. The van der Waals surface area contributed by atoms with E-state index in [1.165, 1.54) is 13.8 Å². The molecule has 3 heteroatoms. The number of benzene rings is 1. The molecule has 94 valence electrons. The second kappa shape index (κ2) is 4.25. The van der Waals surface area contributed by atoms with Crippen LogP contribution in [0.5, 0.6) is 0 Å². The van der Waals surface area contributed by atoms with E-state index in [0.717, 1.165) is 31.2 Å². The molecule has 0 saturated heterocycles. The van der Waals surface area contributed by atoms with Crippen molar-refractivity contribution in [2.75, 3.05) is 0 Å². The summed E-state index contributed by atoms with van der Waals surface area (Å²) in [6, 6.07) is 5.41. The van der Waals surface area contributed by atoms with E-state index in [0.29, 0.717) is 10.6 Å². The largest absolute Gasteiger partial charge is 0.321 e. The van der Waals surface area contributed by atoms with Gasteiger partial charge >= 0.3 is 0 Å². The van der Waals surface area contributed by atoms with E-state index < -0.39 is 5.67 Å². The van der Waals surface area contributed by atoms with Crippen molar-refractivity contribution >= 4 is 11.6 Å². The first kappa shape index (κ1) is 12.8. The van der Waals surface area contributed by atoms with E-state index in [9.17, 15) is 4.39 Å². The van der Waals surface area contributed by atoms with Crippen molar-refractivity contribution in [1.29, 1.82) is 0 Å². The number of hydrogen-bond acceptors (Lipinski definition) is 1. The highest BCUT2D eigenvalue weighted by atomic mass is 35.5. The fourth-order valence-electron chi connectivity index (χ4n) is 2.56. The summed E-state index contributed by atoms with van der Waals surface area (Å²) in [6.07, 6.45) is 4.21. The minimum atomic E-state index is -1.36. The number of nitrogens with two attached hydrogens (primary N) is 1. The van der Waals surface area contributed by atoms with Crippen LogP contribution in [0.3, 0.4) is 0 Å². The van der Waals surface area contributed by atoms with E-state index in [1.54, 1.807) is 12.1 Å². The molecule has 0 unspecified atom stereocenters. The average Bonchev–Trinajstić information content (AvgIpc) is 2.64. The summed E-state index contributed by atoms with van der Waals surface area (Å²) in [5.74, 6) is 0. The Kier molecular flexibility index (Phi) is 3.21. The summed E-state index contributed by atoms with van der Waals surface area (Å²) in [7, 11) is 0. The minimum absolute atomic E-state index is 0.309. The van der Waals surface area contributed by atoms with E-state index in [4.69, 9.17) is 17.3 Å². The first-order valence-electron chi connectivity index (χ1n) is 6.11. The van der Waals surface area contributed by atoms with Gasteiger partial charge in [-0.05, 0) is 43.9 Å². The summed E-state index contributed by atoms with van der Waals surface area (Å²) in [6.45, 7) is 3.07. The molecule has 0 atom stereocenters. The highest BCUT2D eigenvalue weighted by Crippen LogP contribution is 2.40. The van der Waals surface area contributed by atoms with Crippen molar-refractivity contribution < 1.29 is 4.39 Å². The van der Waals surface area contributed by atoms with Gasteiger partial charge in [-0.1, -0.05) is 36.6 Å². The van der Waals surface area contributed by atoms with E-state index in [2.05, 4.69) is 0 Å². The third kappa shape index (κ3) is 2.48. The first-order valence-corrected chi connectivity index (χ1v) is 6.49. The summed E-state index contributed by atoms with van der Waals surface area (Å²) < 4.78 is 13.8. The fraction of sp³-hybridized carbons (Fsp3) is 0.571. The molecule has 0 heterocycles. The van der Waals surface area contributed by atoms with Crippen molar-refractivity contribution in [1.82, 2.24) is 0 Å². The molecule has 0 aromatic heterocycles. The zero-order chi connectivity index (χ0) is 12.7. The van der Waals surface area contributed by atoms with Gasteiger partial charge in [-0.3, -0.25) is 0 Å². The molecule has 0 bridgehead atoms. The lowest BCUT2D eigenvalue weighted by Crippen LogP contribution is -2.33. The molecule has 1 fully saturated rings. The maximum Gasteiger partial charge on any atom is 0.130 e. The molecule has 0 amide bonds. The second-order valence-electron chi connectivity index (χ2n) is 5.53. The van der Waals surface area contributed by atoms with Crippen molar-refractivity contribution in [3.63, 3.8) is 0 Å². The van der Waals surface area contributed by atoms with Gasteiger partial charge in [0, 0.05) is 10.6 Å². The van der Waals surface area contributed by atoms with Gasteiger partial charge in [-0.25, -0.2) is 4.39 Å². The summed E-state index contributed by atoms with van der Waals surface area (Å²) >= 11 is 6.26. The number of alkyl halides is 1.